The van der Waals surface area contributed by atoms with E-state index in [1.165, 1.54) is 16.8 Å². The molecular formula is C16H17NO. The first kappa shape index (κ1) is 11.1. The molecule has 1 N–H and O–H groups in total. The summed E-state index contributed by atoms with van der Waals surface area (Å²) >= 11 is 0. The maximum atomic E-state index is 5.87. The molecule has 0 saturated heterocycles. The van der Waals surface area contributed by atoms with Crippen LogP contribution in [0.1, 0.15) is 25.0 Å². The summed E-state index contributed by atoms with van der Waals surface area (Å²) in [6.45, 7) is 4.10. The van der Waals surface area contributed by atoms with Crippen molar-refractivity contribution in [2.75, 3.05) is 5.32 Å². The number of rotatable bonds is 2. The molecule has 92 valence electrons. The molecule has 3 rings (SSSR count). The Morgan fingerprint density at radius 3 is 2.61 bits per heavy atom. The molecule has 1 aliphatic heterocycles. The van der Waals surface area contributed by atoms with Crippen LogP contribution in [-0.2, 0) is 6.42 Å². The van der Waals surface area contributed by atoms with Gasteiger partial charge < -0.3 is 10.1 Å². The predicted molar refractivity (Wildman–Crippen MR) is 74.7 cm³/mol. The molecular weight excluding hydrogens is 222 g/mol. The normalized spacial score (nSPS) is 12.6. The number of benzene rings is 2. The molecule has 1 heterocycles. The van der Waals surface area contributed by atoms with Crippen LogP contribution in [0.15, 0.2) is 42.5 Å². The van der Waals surface area contributed by atoms with Gasteiger partial charge in [-0.2, -0.15) is 0 Å². The van der Waals surface area contributed by atoms with E-state index in [0.717, 1.165) is 17.9 Å². The van der Waals surface area contributed by atoms with Crippen molar-refractivity contribution < 1.29 is 4.74 Å². The summed E-state index contributed by atoms with van der Waals surface area (Å²) in [6.07, 6.45) is 1.16. The average Bonchev–Trinajstić information content (AvgIpc) is 2.36. The van der Waals surface area contributed by atoms with E-state index in [9.17, 15) is 0 Å². The van der Waals surface area contributed by atoms with Crippen molar-refractivity contribution in [2.24, 2.45) is 0 Å². The van der Waals surface area contributed by atoms with E-state index in [-0.39, 0.29) is 6.10 Å². The summed E-state index contributed by atoms with van der Waals surface area (Å²) < 4.78 is 5.87. The van der Waals surface area contributed by atoms with Crippen molar-refractivity contribution in [3.05, 3.63) is 53.6 Å². The third-order valence-corrected chi connectivity index (χ3v) is 3.13. The molecule has 0 fully saturated rings. The molecule has 2 nitrogen and oxygen atoms in total. The van der Waals surface area contributed by atoms with Crippen molar-refractivity contribution in [1.29, 1.82) is 0 Å². The quantitative estimate of drug-likeness (QED) is 0.726. The maximum absolute atomic E-state index is 5.87. The second-order valence-corrected chi connectivity index (χ2v) is 4.92. The van der Waals surface area contributed by atoms with Crippen molar-refractivity contribution in [1.82, 2.24) is 0 Å². The number of nitrogens with one attached hydrogen (secondary N) is 1. The van der Waals surface area contributed by atoms with Crippen LogP contribution in [0.5, 0.6) is 5.75 Å². The molecule has 18 heavy (non-hydrogen) atoms. The third-order valence-electron chi connectivity index (χ3n) is 3.13. The van der Waals surface area contributed by atoms with Crippen LogP contribution < -0.4 is 10.1 Å². The fourth-order valence-electron chi connectivity index (χ4n) is 2.35. The topological polar surface area (TPSA) is 21.3 Å². The Morgan fingerprint density at radius 1 is 1.00 bits per heavy atom. The Kier molecular flexibility index (Phi) is 2.71. The van der Waals surface area contributed by atoms with Crippen molar-refractivity contribution in [2.45, 2.75) is 26.4 Å². The first-order chi connectivity index (χ1) is 8.74. The molecule has 0 aromatic heterocycles. The van der Waals surface area contributed by atoms with Gasteiger partial charge in [0.05, 0.1) is 11.8 Å². The van der Waals surface area contributed by atoms with Gasteiger partial charge in [0.1, 0.15) is 5.75 Å². The molecule has 0 aliphatic carbocycles. The van der Waals surface area contributed by atoms with Gasteiger partial charge in [-0.25, -0.2) is 0 Å². The largest absolute Gasteiger partial charge is 0.489 e. The van der Waals surface area contributed by atoms with E-state index in [1.807, 2.05) is 6.07 Å². The van der Waals surface area contributed by atoms with Gasteiger partial charge in [0.25, 0.3) is 0 Å². The fourth-order valence-corrected chi connectivity index (χ4v) is 2.35. The summed E-state index contributed by atoms with van der Waals surface area (Å²) in [5.41, 5.74) is 4.94. The monoisotopic (exact) mass is 239 g/mol. The van der Waals surface area contributed by atoms with Crippen LogP contribution in [0, 0.1) is 0 Å². The molecule has 0 spiro atoms. The second-order valence-electron chi connectivity index (χ2n) is 4.92. The van der Waals surface area contributed by atoms with E-state index >= 15 is 0 Å². The molecule has 1 aliphatic rings. The Balaban J connectivity index is 2.02. The van der Waals surface area contributed by atoms with Gasteiger partial charge in [-0.1, -0.05) is 30.3 Å². The van der Waals surface area contributed by atoms with Crippen LogP contribution >= 0.6 is 0 Å². The van der Waals surface area contributed by atoms with Gasteiger partial charge in [-0.3, -0.25) is 0 Å². The first-order valence-electron chi connectivity index (χ1n) is 6.37. The van der Waals surface area contributed by atoms with Gasteiger partial charge in [-0.05, 0) is 37.1 Å². The van der Waals surface area contributed by atoms with Crippen LogP contribution in [0.2, 0.25) is 0 Å². The van der Waals surface area contributed by atoms with E-state index < -0.39 is 0 Å². The summed E-state index contributed by atoms with van der Waals surface area (Å²) in [6, 6.07) is 14.7. The standard InChI is InChI=1S/C16H17NO/c1-11(2)18-15-9-5-7-13-10-12-6-3-4-8-14(12)17-16(13)15/h3-9,11,17H,10H2,1-2H3. The number of anilines is 2. The molecule has 0 atom stereocenters. The van der Waals surface area contributed by atoms with Gasteiger partial charge in [0.2, 0.25) is 0 Å². The Bertz CT molecular complexity index is 575. The average molecular weight is 239 g/mol. The minimum absolute atomic E-state index is 0.190. The minimum Gasteiger partial charge on any atom is -0.489 e. The first-order valence-corrected chi connectivity index (χ1v) is 6.37. The van der Waals surface area contributed by atoms with Crippen LogP contribution in [0.4, 0.5) is 11.4 Å². The van der Waals surface area contributed by atoms with Crippen LogP contribution in [0.25, 0.3) is 0 Å². The zero-order chi connectivity index (χ0) is 12.5. The van der Waals surface area contributed by atoms with Gasteiger partial charge in [-0.15, -0.1) is 0 Å². The maximum Gasteiger partial charge on any atom is 0.143 e. The van der Waals surface area contributed by atoms with Gasteiger partial charge in [0.15, 0.2) is 0 Å². The number of para-hydroxylation sites is 2. The second kappa shape index (κ2) is 4.37. The summed E-state index contributed by atoms with van der Waals surface area (Å²) in [4.78, 5) is 0. The van der Waals surface area contributed by atoms with E-state index in [4.69, 9.17) is 4.74 Å². The number of ether oxygens (including phenoxy) is 1. The highest BCUT2D eigenvalue weighted by atomic mass is 16.5. The number of fused-ring (bicyclic) bond motifs is 2. The molecule has 2 heteroatoms. The van der Waals surface area contributed by atoms with Crippen molar-refractivity contribution in [3.63, 3.8) is 0 Å². The molecule has 0 unspecified atom stereocenters. The SMILES string of the molecule is CC(C)Oc1cccc2c1Nc1ccccc1C2. The van der Waals surface area contributed by atoms with E-state index in [2.05, 4.69) is 55.6 Å². The Hall–Kier alpha value is -1.96. The highest BCUT2D eigenvalue weighted by Crippen LogP contribution is 2.38. The van der Waals surface area contributed by atoms with Crippen molar-refractivity contribution >= 4 is 11.4 Å². The minimum atomic E-state index is 0.190. The van der Waals surface area contributed by atoms with Gasteiger partial charge in [0, 0.05) is 12.1 Å². The predicted octanol–water partition coefficient (Wildman–Crippen LogP) is 4.12. The molecule has 0 radical (unpaired) electrons. The molecule has 0 saturated carbocycles. The lowest BCUT2D eigenvalue weighted by atomic mass is 9.97. The number of hydrogen-bond acceptors (Lipinski definition) is 2. The Morgan fingerprint density at radius 2 is 1.78 bits per heavy atom. The highest BCUT2D eigenvalue weighted by Gasteiger charge is 2.18. The highest BCUT2D eigenvalue weighted by molar-refractivity contribution is 5.76. The summed E-state index contributed by atoms with van der Waals surface area (Å²) in [5, 5.41) is 3.49. The molecule has 0 amide bonds. The summed E-state index contributed by atoms with van der Waals surface area (Å²) in [7, 11) is 0. The molecule has 2 aromatic carbocycles. The van der Waals surface area contributed by atoms with Crippen LogP contribution in [-0.4, -0.2) is 6.10 Å². The zero-order valence-electron chi connectivity index (χ0n) is 10.7. The Labute approximate surface area is 108 Å². The van der Waals surface area contributed by atoms with Crippen LogP contribution in [0.3, 0.4) is 0 Å². The summed E-state index contributed by atoms with van der Waals surface area (Å²) in [5.74, 6) is 0.942. The van der Waals surface area contributed by atoms with E-state index in [1.54, 1.807) is 0 Å². The number of hydrogen-bond donors (Lipinski definition) is 1. The lowest BCUT2D eigenvalue weighted by Crippen LogP contribution is -2.11. The fraction of sp³-hybridized carbons (Fsp3) is 0.250. The smallest absolute Gasteiger partial charge is 0.143 e. The lowest BCUT2D eigenvalue weighted by Gasteiger charge is -2.24. The lowest BCUT2D eigenvalue weighted by molar-refractivity contribution is 0.243. The van der Waals surface area contributed by atoms with Crippen molar-refractivity contribution in [3.8, 4) is 5.75 Å². The molecule has 0 bridgehead atoms. The third kappa shape index (κ3) is 1.94. The van der Waals surface area contributed by atoms with E-state index in [0.29, 0.717) is 0 Å². The van der Waals surface area contributed by atoms with Gasteiger partial charge >= 0.3 is 0 Å². The molecule has 2 aromatic rings. The zero-order valence-corrected chi connectivity index (χ0v) is 10.7.